The number of nitrogens with one attached hydrogen (secondary N) is 1. The lowest BCUT2D eigenvalue weighted by Gasteiger charge is -2.35. The number of aromatic amines is 1. The third kappa shape index (κ3) is 2.40. The minimum absolute atomic E-state index is 0.111. The zero-order chi connectivity index (χ0) is 15.7. The second-order valence-corrected chi connectivity index (χ2v) is 6.13. The number of carbonyl (C=O) groups is 1. The maximum atomic E-state index is 12.9. The summed E-state index contributed by atoms with van der Waals surface area (Å²) in [7, 11) is 0. The summed E-state index contributed by atoms with van der Waals surface area (Å²) in [5.74, 6) is -0.111. The van der Waals surface area contributed by atoms with E-state index in [1.54, 1.807) is 16.3 Å². The highest BCUT2D eigenvalue weighted by atomic mass is 32.1. The van der Waals surface area contributed by atoms with E-state index in [0.29, 0.717) is 30.2 Å². The quantitative estimate of drug-likeness (QED) is 0.920. The van der Waals surface area contributed by atoms with Crippen LogP contribution < -0.4 is 0 Å². The zero-order valence-corrected chi connectivity index (χ0v) is 13.2. The number of amides is 1. The molecule has 1 aliphatic rings. The summed E-state index contributed by atoms with van der Waals surface area (Å²) >= 11 is 1.31. The van der Waals surface area contributed by atoms with E-state index in [1.165, 1.54) is 11.3 Å². The predicted octanol–water partition coefficient (Wildman–Crippen LogP) is 2.17. The van der Waals surface area contributed by atoms with E-state index in [9.17, 15) is 4.79 Å². The van der Waals surface area contributed by atoms with Gasteiger partial charge < -0.3 is 9.64 Å². The average Bonchev–Trinajstić information content (AvgIpc) is 3.13. The monoisotopic (exact) mass is 316 g/mol. The second-order valence-electron chi connectivity index (χ2n) is 5.21. The summed E-state index contributed by atoms with van der Waals surface area (Å²) in [5.41, 5.74) is 3.25. The maximum absolute atomic E-state index is 12.9. The van der Waals surface area contributed by atoms with Crippen LogP contribution in [0, 0.1) is 25.2 Å². The SMILES string of the molecule is Cc1n[nH]c(C)c1C1COCCN1C(=O)c1sccc1C#N. The molecule has 2 aromatic heterocycles. The first-order chi connectivity index (χ1) is 10.6. The summed E-state index contributed by atoms with van der Waals surface area (Å²) in [4.78, 5) is 15.2. The normalized spacial score (nSPS) is 18.2. The summed E-state index contributed by atoms with van der Waals surface area (Å²) in [6.45, 7) is 5.32. The molecule has 0 bridgehead atoms. The Labute approximate surface area is 132 Å². The molecule has 22 heavy (non-hydrogen) atoms. The topological polar surface area (TPSA) is 82.0 Å². The fourth-order valence-electron chi connectivity index (χ4n) is 2.83. The number of hydrogen-bond acceptors (Lipinski definition) is 5. The van der Waals surface area contributed by atoms with Gasteiger partial charge in [0.1, 0.15) is 10.9 Å². The minimum atomic E-state index is -0.173. The highest BCUT2D eigenvalue weighted by molar-refractivity contribution is 7.12. The van der Waals surface area contributed by atoms with E-state index in [1.807, 2.05) is 13.8 Å². The van der Waals surface area contributed by atoms with E-state index in [4.69, 9.17) is 10.00 Å². The van der Waals surface area contributed by atoms with Crippen LogP contribution >= 0.6 is 11.3 Å². The van der Waals surface area contributed by atoms with Gasteiger partial charge in [-0.25, -0.2) is 0 Å². The summed E-state index contributed by atoms with van der Waals surface area (Å²) < 4.78 is 5.57. The zero-order valence-electron chi connectivity index (χ0n) is 12.4. The number of carbonyl (C=O) groups excluding carboxylic acids is 1. The number of aryl methyl sites for hydroxylation is 2. The van der Waals surface area contributed by atoms with Crippen LogP contribution in [0.5, 0.6) is 0 Å². The van der Waals surface area contributed by atoms with Gasteiger partial charge in [-0.2, -0.15) is 10.4 Å². The standard InChI is InChI=1S/C15H16N4O2S/c1-9-13(10(2)18-17-9)12-8-21-5-4-19(12)15(20)14-11(7-16)3-6-22-14/h3,6,12H,4-5,8H2,1-2H3,(H,17,18). The van der Waals surface area contributed by atoms with Crippen LogP contribution in [0.2, 0.25) is 0 Å². The molecule has 1 atom stereocenters. The molecule has 1 aliphatic heterocycles. The van der Waals surface area contributed by atoms with Crippen molar-refractivity contribution in [3.8, 4) is 6.07 Å². The van der Waals surface area contributed by atoms with E-state index >= 15 is 0 Å². The molecule has 2 aromatic rings. The lowest BCUT2D eigenvalue weighted by atomic mass is 10.0. The summed E-state index contributed by atoms with van der Waals surface area (Å²) in [6, 6.07) is 3.59. The third-order valence-corrected chi connectivity index (χ3v) is 4.79. The largest absolute Gasteiger partial charge is 0.377 e. The molecule has 0 radical (unpaired) electrons. The summed E-state index contributed by atoms with van der Waals surface area (Å²) in [5, 5.41) is 18.1. The van der Waals surface area contributed by atoms with Crippen LogP contribution in [-0.2, 0) is 4.74 Å². The third-order valence-electron chi connectivity index (χ3n) is 3.89. The number of aromatic nitrogens is 2. The maximum Gasteiger partial charge on any atom is 0.265 e. The number of morpholine rings is 1. The van der Waals surface area contributed by atoms with Gasteiger partial charge in [-0.05, 0) is 25.3 Å². The highest BCUT2D eigenvalue weighted by Gasteiger charge is 2.33. The molecular weight excluding hydrogens is 300 g/mol. The molecule has 0 aliphatic carbocycles. The lowest BCUT2D eigenvalue weighted by Crippen LogP contribution is -2.43. The molecule has 1 fully saturated rings. The number of thiophene rings is 1. The Kier molecular flexibility index (Phi) is 3.96. The van der Waals surface area contributed by atoms with Gasteiger partial charge in [0.05, 0.1) is 30.5 Å². The van der Waals surface area contributed by atoms with Crippen LogP contribution in [0.25, 0.3) is 0 Å². The van der Waals surface area contributed by atoms with Crippen molar-refractivity contribution < 1.29 is 9.53 Å². The Bertz CT molecular complexity index is 724. The van der Waals surface area contributed by atoms with Crippen LogP contribution in [0.3, 0.4) is 0 Å². The minimum Gasteiger partial charge on any atom is -0.377 e. The van der Waals surface area contributed by atoms with Crippen molar-refractivity contribution in [3.63, 3.8) is 0 Å². The molecule has 1 saturated heterocycles. The molecule has 1 amide bonds. The molecule has 6 nitrogen and oxygen atoms in total. The van der Waals surface area contributed by atoms with Crippen molar-refractivity contribution in [2.75, 3.05) is 19.8 Å². The number of ether oxygens (including phenoxy) is 1. The lowest BCUT2D eigenvalue weighted by molar-refractivity contribution is -0.00276. The average molecular weight is 316 g/mol. The molecule has 3 heterocycles. The molecule has 1 N–H and O–H groups in total. The molecule has 0 spiro atoms. The molecule has 7 heteroatoms. The van der Waals surface area contributed by atoms with Gasteiger partial charge in [-0.15, -0.1) is 11.3 Å². The van der Waals surface area contributed by atoms with Crippen LogP contribution in [0.4, 0.5) is 0 Å². The fourth-order valence-corrected chi connectivity index (χ4v) is 3.63. The first-order valence-corrected chi connectivity index (χ1v) is 7.89. The number of nitrogens with zero attached hydrogens (tertiary/aromatic N) is 3. The smallest absolute Gasteiger partial charge is 0.265 e. The van der Waals surface area contributed by atoms with Gasteiger partial charge in [0.2, 0.25) is 0 Å². The van der Waals surface area contributed by atoms with E-state index in [-0.39, 0.29) is 11.9 Å². The van der Waals surface area contributed by atoms with Crippen molar-refractivity contribution in [3.05, 3.63) is 38.8 Å². The van der Waals surface area contributed by atoms with Crippen molar-refractivity contribution in [2.45, 2.75) is 19.9 Å². The Morgan fingerprint density at radius 1 is 1.59 bits per heavy atom. The van der Waals surface area contributed by atoms with E-state index in [2.05, 4.69) is 16.3 Å². The molecule has 1 unspecified atom stereocenters. The second kappa shape index (κ2) is 5.91. The molecule has 114 valence electrons. The predicted molar refractivity (Wildman–Crippen MR) is 81.7 cm³/mol. The Hall–Kier alpha value is -2.17. The van der Waals surface area contributed by atoms with Gasteiger partial charge in [-0.1, -0.05) is 0 Å². The first kappa shape index (κ1) is 14.8. The number of nitriles is 1. The van der Waals surface area contributed by atoms with Gasteiger partial charge >= 0.3 is 0 Å². The number of H-pyrrole nitrogens is 1. The molecule has 3 rings (SSSR count). The van der Waals surface area contributed by atoms with Crippen LogP contribution in [0.1, 0.15) is 38.2 Å². The summed E-state index contributed by atoms with van der Waals surface area (Å²) in [6.07, 6.45) is 0. The van der Waals surface area contributed by atoms with Crippen LogP contribution in [0.15, 0.2) is 11.4 Å². The van der Waals surface area contributed by atoms with Crippen molar-refractivity contribution in [1.82, 2.24) is 15.1 Å². The number of hydrogen-bond donors (Lipinski definition) is 1. The molecule has 0 saturated carbocycles. The Morgan fingerprint density at radius 2 is 2.41 bits per heavy atom. The van der Waals surface area contributed by atoms with Crippen LogP contribution in [-0.4, -0.2) is 40.8 Å². The van der Waals surface area contributed by atoms with Gasteiger partial charge in [-0.3, -0.25) is 9.89 Å². The van der Waals surface area contributed by atoms with Crippen molar-refractivity contribution in [1.29, 1.82) is 5.26 Å². The fraction of sp³-hybridized carbons (Fsp3) is 0.400. The number of rotatable bonds is 2. The van der Waals surface area contributed by atoms with Crippen molar-refractivity contribution >= 4 is 17.2 Å². The van der Waals surface area contributed by atoms with Gasteiger partial charge in [0.15, 0.2) is 0 Å². The van der Waals surface area contributed by atoms with Crippen molar-refractivity contribution in [2.24, 2.45) is 0 Å². The Balaban J connectivity index is 1.97. The molecular formula is C15H16N4O2S. The highest BCUT2D eigenvalue weighted by Crippen LogP contribution is 2.31. The van der Waals surface area contributed by atoms with E-state index < -0.39 is 0 Å². The Morgan fingerprint density at radius 3 is 3.09 bits per heavy atom. The first-order valence-electron chi connectivity index (χ1n) is 7.01. The van der Waals surface area contributed by atoms with E-state index in [0.717, 1.165) is 17.0 Å². The van der Waals surface area contributed by atoms with Gasteiger partial charge in [0, 0.05) is 17.8 Å². The molecule has 0 aromatic carbocycles. The van der Waals surface area contributed by atoms with Gasteiger partial charge in [0.25, 0.3) is 5.91 Å².